The van der Waals surface area contributed by atoms with E-state index >= 15 is 0 Å². The second kappa shape index (κ2) is 4.25. The highest BCUT2D eigenvalue weighted by Crippen LogP contribution is 2.53. The summed E-state index contributed by atoms with van der Waals surface area (Å²) in [6.07, 6.45) is 4.91. The van der Waals surface area contributed by atoms with Crippen molar-refractivity contribution in [3.63, 3.8) is 0 Å². The fourth-order valence-electron chi connectivity index (χ4n) is 4.69. The van der Waals surface area contributed by atoms with Crippen molar-refractivity contribution in [1.29, 1.82) is 0 Å². The lowest BCUT2D eigenvalue weighted by Gasteiger charge is -2.46. The molecule has 1 aromatic rings. The number of aliphatic hydroxyl groups is 1. The van der Waals surface area contributed by atoms with E-state index in [1.807, 2.05) is 0 Å². The summed E-state index contributed by atoms with van der Waals surface area (Å²) in [5.74, 6) is 1.61. The number of aliphatic hydroxyl groups excluding tert-OH is 1. The van der Waals surface area contributed by atoms with Crippen molar-refractivity contribution in [2.75, 3.05) is 20.4 Å². The van der Waals surface area contributed by atoms with Crippen LogP contribution in [0.2, 0.25) is 0 Å². The summed E-state index contributed by atoms with van der Waals surface area (Å²) in [6.45, 7) is 1.83. The number of fused-ring (bicyclic) bond motifs is 2. The maximum atomic E-state index is 10.8. The Morgan fingerprint density at radius 2 is 2.14 bits per heavy atom. The van der Waals surface area contributed by atoms with Crippen LogP contribution in [-0.4, -0.2) is 48.7 Å². The van der Waals surface area contributed by atoms with Crippen LogP contribution in [0.4, 0.5) is 0 Å². The fourth-order valence-corrected chi connectivity index (χ4v) is 4.69. The quantitative estimate of drug-likeness (QED) is 0.790. The zero-order valence-electron chi connectivity index (χ0n) is 12.5. The van der Waals surface area contributed by atoms with Crippen LogP contribution in [0.3, 0.4) is 0 Å². The second-order valence-electron chi connectivity index (χ2n) is 6.63. The van der Waals surface area contributed by atoms with Gasteiger partial charge in [-0.15, -0.1) is 0 Å². The summed E-state index contributed by atoms with van der Waals surface area (Å²) >= 11 is 0. The number of hydrogen-bond acceptors (Lipinski definition) is 5. The predicted octanol–water partition coefficient (Wildman–Crippen LogP) is 1.19. The average molecular weight is 301 g/mol. The number of rotatable bonds is 1. The highest BCUT2D eigenvalue weighted by molar-refractivity contribution is 5.56. The highest BCUT2D eigenvalue weighted by atomic mass is 16.7. The maximum Gasteiger partial charge on any atom is 0.231 e. The Kier molecular flexibility index (Phi) is 2.50. The molecule has 1 N–H and O–H groups in total. The fraction of sp³-hybridized carbons (Fsp3) is 0.529. The lowest BCUT2D eigenvalue weighted by atomic mass is 9.65. The number of benzene rings is 1. The minimum absolute atomic E-state index is 0.126. The molecule has 0 saturated carbocycles. The molecule has 1 aromatic carbocycles. The highest BCUT2D eigenvalue weighted by Gasteiger charge is 2.58. The molecule has 5 nitrogen and oxygen atoms in total. The second-order valence-corrected chi connectivity index (χ2v) is 6.63. The molecule has 116 valence electrons. The summed E-state index contributed by atoms with van der Waals surface area (Å²) in [7, 11) is 1.75. The summed E-state index contributed by atoms with van der Waals surface area (Å²) in [4.78, 5) is 2.38. The largest absolute Gasteiger partial charge is 0.454 e. The van der Waals surface area contributed by atoms with E-state index in [0.717, 1.165) is 24.5 Å². The molecule has 0 aromatic heterocycles. The van der Waals surface area contributed by atoms with Gasteiger partial charge in [-0.3, -0.25) is 4.90 Å². The van der Waals surface area contributed by atoms with Crippen molar-refractivity contribution in [2.24, 2.45) is 0 Å². The van der Waals surface area contributed by atoms with E-state index in [1.165, 1.54) is 11.1 Å². The zero-order chi connectivity index (χ0) is 14.9. The van der Waals surface area contributed by atoms with Gasteiger partial charge < -0.3 is 19.3 Å². The van der Waals surface area contributed by atoms with Crippen molar-refractivity contribution in [3.05, 3.63) is 35.4 Å². The molecule has 5 heteroatoms. The van der Waals surface area contributed by atoms with Crippen molar-refractivity contribution < 1.29 is 19.3 Å². The molecule has 1 unspecified atom stereocenters. The van der Waals surface area contributed by atoms with Gasteiger partial charge in [0, 0.05) is 26.2 Å². The lowest BCUT2D eigenvalue weighted by molar-refractivity contribution is 0.0660. The Hall–Kier alpha value is -1.56. The van der Waals surface area contributed by atoms with Crippen LogP contribution in [0.25, 0.3) is 0 Å². The summed E-state index contributed by atoms with van der Waals surface area (Å²) in [5.41, 5.74) is 2.08. The standard InChI is InChI=1S/C17H19NO4/c1-20-11-2-3-17-12-6-14-13(21-9-22-14)4-10(12)7-18(8-16(17)19)15(17)5-11/h2-4,6,11,15-16,19H,5,7-9H2,1H3/t11-,15+,16+,17+/m0/s1. The minimum atomic E-state index is -0.395. The van der Waals surface area contributed by atoms with Gasteiger partial charge in [0.1, 0.15) is 0 Å². The molecule has 3 aliphatic heterocycles. The lowest BCUT2D eigenvalue weighted by Crippen LogP contribution is -2.52. The van der Waals surface area contributed by atoms with Crippen LogP contribution in [0, 0.1) is 0 Å². The number of hydrogen-bond donors (Lipinski definition) is 1. The summed E-state index contributed by atoms with van der Waals surface area (Å²) in [5, 5.41) is 10.8. The van der Waals surface area contributed by atoms with E-state index in [-0.39, 0.29) is 24.4 Å². The Balaban J connectivity index is 1.72. The van der Waals surface area contributed by atoms with E-state index in [9.17, 15) is 5.11 Å². The van der Waals surface area contributed by atoms with Gasteiger partial charge in [0.15, 0.2) is 11.5 Å². The van der Waals surface area contributed by atoms with Crippen LogP contribution in [0.5, 0.6) is 11.5 Å². The molecule has 2 bridgehead atoms. The van der Waals surface area contributed by atoms with Crippen molar-refractivity contribution in [3.8, 4) is 11.5 Å². The molecule has 1 aliphatic carbocycles. The minimum Gasteiger partial charge on any atom is -0.454 e. The number of ether oxygens (including phenoxy) is 3. The molecule has 22 heavy (non-hydrogen) atoms. The smallest absolute Gasteiger partial charge is 0.231 e. The van der Waals surface area contributed by atoms with E-state index in [1.54, 1.807) is 7.11 Å². The van der Waals surface area contributed by atoms with Crippen molar-refractivity contribution >= 4 is 0 Å². The van der Waals surface area contributed by atoms with Gasteiger partial charge in [0.2, 0.25) is 6.79 Å². The molecule has 5 atom stereocenters. The van der Waals surface area contributed by atoms with Gasteiger partial charge in [0.05, 0.1) is 17.6 Å². The van der Waals surface area contributed by atoms with Gasteiger partial charge in [-0.05, 0) is 29.7 Å². The van der Waals surface area contributed by atoms with Gasteiger partial charge in [-0.25, -0.2) is 0 Å². The van der Waals surface area contributed by atoms with Crippen LogP contribution >= 0.6 is 0 Å². The van der Waals surface area contributed by atoms with E-state index in [4.69, 9.17) is 14.2 Å². The third kappa shape index (κ3) is 1.44. The molecule has 0 radical (unpaired) electrons. The zero-order valence-corrected chi connectivity index (χ0v) is 12.5. The summed E-state index contributed by atoms with van der Waals surface area (Å²) in [6, 6.07) is 4.44. The van der Waals surface area contributed by atoms with Crippen LogP contribution in [0.15, 0.2) is 24.3 Å². The molecule has 1 saturated heterocycles. The van der Waals surface area contributed by atoms with E-state index < -0.39 is 6.10 Å². The van der Waals surface area contributed by atoms with Gasteiger partial charge in [-0.2, -0.15) is 0 Å². The molecular formula is C17H19NO4. The Labute approximate surface area is 129 Å². The molecular weight excluding hydrogens is 282 g/mol. The Bertz CT molecular complexity index is 673. The molecule has 4 aliphatic rings. The van der Waals surface area contributed by atoms with E-state index in [2.05, 4.69) is 29.2 Å². The average Bonchev–Trinajstić information content (AvgIpc) is 3.06. The van der Waals surface area contributed by atoms with E-state index in [0.29, 0.717) is 6.54 Å². The Morgan fingerprint density at radius 1 is 1.32 bits per heavy atom. The van der Waals surface area contributed by atoms with Crippen LogP contribution in [0.1, 0.15) is 17.5 Å². The topological polar surface area (TPSA) is 51.2 Å². The normalized spacial score (nSPS) is 40.5. The van der Waals surface area contributed by atoms with Crippen LogP contribution in [-0.2, 0) is 16.7 Å². The number of nitrogens with zero attached hydrogens (tertiary/aromatic N) is 1. The summed E-state index contributed by atoms with van der Waals surface area (Å²) < 4.78 is 16.6. The first-order chi connectivity index (χ1) is 10.7. The first-order valence-corrected chi connectivity index (χ1v) is 7.79. The van der Waals surface area contributed by atoms with Gasteiger partial charge in [-0.1, -0.05) is 12.2 Å². The third-order valence-electron chi connectivity index (χ3n) is 5.73. The monoisotopic (exact) mass is 301 g/mol. The molecule has 3 heterocycles. The van der Waals surface area contributed by atoms with Gasteiger partial charge in [0.25, 0.3) is 0 Å². The predicted molar refractivity (Wildman–Crippen MR) is 79.0 cm³/mol. The Morgan fingerprint density at radius 3 is 2.95 bits per heavy atom. The van der Waals surface area contributed by atoms with Crippen molar-refractivity contribution in [1.82, 2.24) is 4.90 Å². The SMILES string of the molecule is CO[C@H]1C=C[C@]23c4cc5c(cc4CN(C[C@H]2O)[C@@H]3C1)OCO5. The molecule has 0 spiro atoms. The molecule has 1 fully saturated rings. The first-order valence-electron chi connectivity index (χ1n) is 7.79. The first kappa shape index (κ1) is 12.9. The third-order valence-corrected chi connectivity index (χ3v) is 5.73. The molecule has 0 amide bonds. The molecule has 5 rings (SSSR count). The van der Waals surface area contributed by atoms with Crippen molar-refractivity contribution in [2.45, 2.75) is 36.6 Å². The van der Waals surface area contributed by atoms with Gasteiger partial charge >= 0.3 is 0 Å². The number of methoxy groups -OCH3 is 1. The van der Waals surface area contributed by atoms with Crippen LogP contribution < -0.4 is 9.47 Å². The maximum absolute atomic E-state index is 10.8.